The first-order chi connectivity index (χ1) is 7.57. The molecule has 0 amide bonds. The minimum absolute atomic E-state index is 0.0322. The van der Waals surface area contributed by atoms with E-state index in [-0.39, 0.29) is 18.3 Å². The molecule has 0 unspecified atom stereocenters. The van der Waals surface area contributed by atoms with E-state index in [0.717, 1.165) is 6.07 Å². The summed E-state index contributed by atoms with van der Waals surface area (Å²) in [6.45, 7) is 0.961. The highest BCUT2D eigenvalue weighted by Crippen LogP contribution is 2.32. The fourth-order valence-electron chi connectivity index (χ4n) is 1.39. The van der Waals surface area contributed by atoms with E-state index in [0.29, 0.717) is 13.2 Å². The molecule has 1 aromatic rings. The maximum absolute atomic E-state index is 12.6. The molecular formula is C11H11F3O2. The number of rotatable bonds is 4. The van der Waals surface area contributed by atoms with E-state index in [1.54, 1.807) is 6.07 Å². The van der Waals surface area contributed by atoms with Crippen LogP contribution in [0.25, 0.3) is 0 Å². The number of ether oxygens (including phenoxy) is 2. The van der Waals surface area contributed by atoms with Gasteiger partial charge in [0.1, 0.15) is 6.10 Å². The van der Waals surface area contributed by atoms with Gasteiger partial charge in [0.2, 0.25) is 0 Å². The third kappa shape index (κ3) is 2.96. The van der Waals surface area contributed by atoms with E-state index in [2.05, 4.69) is 0 Å². The molecule has 1 saturated heterocycles. The smallest absolute Gasteiger partial charge is 0.374 e. The molecule has 0 aromatic heterocycles. The van der Waals surface area contributed by atoms with Gasteiger partial charge in [-0.15, -0.1) is 0 Å². The Morgan fingerprint density at radius 3 is 2.62 bits per heavy atom. The van der Waals surface area contributed by atoms with Crippen LogP contribution in [0.1, 0.15) is 11.1 Å². The van der Waals surface area contributed by atoms with Crippen molar-refractivity contribution < 1.29 is 22.6 Å². The molecule has 1 aliphatic rings. The molecule has 1 aliphatic heterocycles. The third-order valence-electron chi connectivity index (χ3n) is 2.29. The van der Waals surface area contributed by atoms with Crippen molar-refractivity contribution in [1.82, 2.24) is 0 Å². The molecule has 1 atom stereocenters. The number of hydrogen-bond acceptors (Lipinski definition) is 2. The fourth-order valence-corrected chi connectivity index (χ4v) is 1.39. The monoisotopic (exact) mass is 232 g/mol. The molecule has 0 bridgehead atoms. The number of epoxide rings is 1. The Bertz CT molecular complexity index is 358. The number of hydrogen-bond donors (Lipinski definition) is 0. The van der Waals surface area contributed by atoms with Gasteiger partial charge in [-0.25, -0.2) is 0 Å². The minimum Gasteiger partial charge on any atom is -0.374 e. The topological polar surface area (TPSA) is 21.8 Å². The summed E-state index contributed by atoms with van der Waals surface area (Å²) in [6.07, 6.45) is -4.26. The van der Waals surface area contributed by atoms with Crippen molar-refractivity contribution in [3.8, 4) is 0 Å². The summed E-state index contributed by atoms with van der Waals surface area (Å²) in [5.74, 6) is 0. The van der Waals surface area contributed by atoms with Crippen molar-refractivity contribution >= 4 is 0 Å². The molecule has 0 N–H and O–H groups in total. The molecule has 16 heavy (non-hydrogen) atoms. The minimum atomic E-state index is -4.32. The van der Waals surface area contributed by atoms with E-state index in [4.69, 9.17) is 9.47 Å². The van der Waals surface area contributed by atoms with E-state index < -0.39 is 11.7 Å². The van der Waals surface area contributed by atoms with Crippen LogP contribution in [0.4, 0.5) is 13.2 Å². The van der Waals surface area contributed by atoms with Crippen LogP contribution in [-0.4, -0.2) is 19.3 Å². The Morgan fingerprint density at radius 2 is 2.00 bits per heavy atom. The molecule has 1 aromatic carbocycles. The predicted molar refractivity (Wildman–Crippen MR) is 50.8 cm³/mol. The zero-order valence-corrected chi connectivity index (χ0v) is 8.46. The van der Waals surface area contributed by atoms with Crippen molar-refractivity contribution in [3.05, 3.63) is 35.4 Å². The molecule has 0 spiro atoms. The Morgan fingerprint density at radius 1 is 1.31 bits per heavy atom. The van der Waals surface area contributed by atoms with Crippen LogP contribution in [0.3, 0.4) is 0 Å². The molecule has 0 radical (unpaired) electrons. The first-order valence-electron chi connectivity index (χ1n) is 4.92. The molecular weight excluding hydrogens is 221 g/mol. The van der Waals surface area contributed by atoms with Crippen LogP contribution in [0, 0.1) is 0 Å². The van der Waals surface area contributed by atoms with Crippen LogP contribution in [0.5, 0.6) is 0 Å². The lowest BCUT2D eigenvalue weighted by Gasteiger charge is -2.12. The molecule has 0 saturated carbocycles. The van der Waals surface area contributed by atoms with Crippen LogP contribution >= 0.6 is 0 Å². The largest absolute Gasteiger partial charge is 0.416 e. The predicted octanol–water partition coefficient (Wildman–Crippen LogP) is 2.62. The zero-order valence-electron chi connectivity index (χ0n) is 8.46. The normalized spacial score (nSPS) is 19.8. The van der Waals surface area contributed by atoms with Gasteiger partial charge in [0.05, 0.1) is 25.4 Å². The summed E-state index contributed by atoms with van der Waals surface area (Å²) in [7, 11) is 0. The van der Waals surface area contributed by atoms with Gasteiger partial charge in [-0.1, -0.05) is 18.2 Å². The van der Waals surface area contributed by atoms with Crippen LogP contribution in [0.15, 0.2) is 24.3 Å². The first-order valence-corrected chi connectivity index (χ1v) is 4.92. The zero-order chi connectivity index (χ0) is 11.6. The lowest BCUT2D eigenvalue weighted by atomic mass is 10.1. The van der Waals surface area contributed by atoms with Crippen molar-refractivity contribution in [2.24, 2.45) is 0 Å². The van der Waals surface area contributed by atoms with Gasteiger partial charge in [0.15, 0.2) is 0 Å². The summed E-state index contributed by atoms with van der Waals surface area (Å²) < 4.78 is 47.8. The summed E-state index contributed by atoms with van der Waals surface area (Å²) in [6, 6.07) is 5.43. The number of benzene rings is 1. The summed E-state index contributed by atoms with van der Waals surface area (Å²) in [4.78, 5) is 0. The summed E-state index contributed by atoms with van der Waals surface area (Å²) in [5, 5.41) is 0. The van der Waals surface area contributed by atoms with Crippen LogP contribution < -0.4 is 0 Å². The van der Waals surface area contributed by atoms with Gasteiger partial charge in [-0.3, -0.25) is 0 Å². The van der Waals surface area contributed by atoms with E-state index >= 15 is 0 Å². The molecule has 88 valence electrons. The highest BCUT2D eigenvalue weighted by molar-refractivity contribution is 5.28. The second-order valence-corrected chi connectivity index (χ2v) is 3.63. The first kappa shape index (κ1) is 11.4. The lowest BCUT2D eigenvalue weighted by molar-refractivity contribution is -0.138. The van der Waals surface area contributed by atoms with Gasteiger partial charge < -0.3 is 9.47 Å². The highest BCUT2D eigenvalue weighted by Gasteiger charge is 2.33. The Hall–Kier alpha value is -1.07. The van der Waals surface area contributed by atoms with Crippen molar-refractivity contribution in [1.29, 1.82) is 0 Å². The second-order valence-electron chi connectivity index (χ2n) is 3.63. The van der Waals surface area contributed by atoms with Crippen molar-refractivity contribution in [2.45, 2.75) is 18.9 Å². The number of alkyl halides is 3. The van der Waals surface area contributed by atoms with E-state index in [9.17, 15) is 13.2 Å². The van der Waals surface area contributed by atoms with Gasteiger partial charge in [0, 0.05) is 0 Å². The molecule has 5 heteroatoms. The number of halogens is 3. The van der Waals surface area contributed by atoms with Crippen molar-refractivity contribution in [3.63, 3.8) is 0 Å². The third-order valence-corrected chi connectivity index (χ3v) is 2.29. The average molecular weight is 232 g/mol. The Labute approximate surface area is 91.0 Å². The van der Waals surface area contributed by atoms with Crippen LogP contribution in [-0.2, 0) is 22.3 Å². The van der Waals surface area contributed by atoms with E-state index in [1.807, 2.05) is 0 Å². The van der Waals surface area contributed by atoms with Gasteiger partial charge in [0.25, 0.3) is 0 Å². The summed E-state index contributed by atoms with van der Waals surface area (Å²) >= 11 is 0. The Balaban J connectivity index is 2.00. The highest BCUT2D eigenvalue weighted by atomic mass is 19.4. The molecule has 2 nitrogen and oxygen atoms in total. The maximum Gasteiger partial charge on any atom is 0.416 e. The van der Waals surface area contributed by atoms with Gasteiger partial charge in [-0.05, 0) is 11.6 Å². The van der Waals surface area contributed by atoms with Gasteiger partial charge >= 0.3 is 6.18 Å². The SMILES string of the molecule is FC(F)(F)c1ccccc1COC[C@H]1CO1. The maximum atomic E-state index is 12.6. The standard InChI is InChI=1S/C11H11F3O2/c12-11(13,14)10-4-2-1-3-8(10)5-15-6-9-7-16-9/h1-4,9H,5-7H2/t9-/m0/s1. The van der Waals surface area contributed by atoms with E-state index in [1.165, 1.54) is 12.1 Å². The van der Waals surface area contributed by atoms with Gasteiger partial charge in [-0.2, -0.15) is 13.2 Å². The molecule has 1 fully saturated rings. The average Bonchev–Trinajstić information content (AvgIpc) is 3.01. The lowest BCUT2D eigenvalue weighted by Crippen LogP contribution is -2.11. The summed E-state index contributed by atoms with van der Waals surface area (Å²) in [5.41, 5.74) is -0.470. The molecule has 0 aliphatic carbocycles. The fraction of sp³-hybridized carbons (Fsp3) is 0.455. The quantitative estimate of drug-likeness (QED) is 0.744. The van der Waals surface area contributed by atoms with Crippen LogP contribution in [0.2, 0.25) is 0 Å². The second kappa shape index (κ2) is 4.43. The Kier molecular flexibility index (Phi) is 3.16. The van der Waals surface area contributed by atoms with Crippen molar-refractivity contribution in [2.75, 3.05) is 13.2 Å². The molecule has 2 rings (SSSR count). The molecule has 1 heterocycles.